The molecule has 1 aliphatic rings. The Morgan fingerprint density at radius 2 is 1.96 bits per heavy atom. The zero-order chi connectivity index (χ0) is 17.0. The molecule has 122 valence electrons. The number of para-hydroxylation sites is 1. The van der Waals surface area contributed by atoms with Crippen molar-refractivity contribution in [2.45, 2.75) is 6.29 Å². The number of aromatic hydroxyl groups is 2. The summed E-state index contributed by atoms with van der Waals surface area (Å²) in [5.74, 6) is -0.331. The molecule has 24 heavy (non-hydrogen) atoms. The van der Waals surface area contributed by atoms with Crippen molar-refractivity contribution < 1.29 is 29.2 Å². The van der Waals surface area contributed by atoms with E-state index in [2.05, 4.69) is 0 Å². The summed E-state index contributed by atoms with van der Waals surface area (Å²) < 4.78 is 15.9. The summed E-state index contributed by atoms with van der Waals surface area (Å²) in [7, 11) is 1.41. The molecule has 0 spiro atoms. The van der Waals surface area contributed by atoms with Gasteiger partial charge in [0.25, 0.3) is 6.29 Å². The normalized spacial score (nSPS) is 15.5. The highest BCUT2D eigenvalue weighted by Crippen LogP contribution is 2.46. The lowest BCUT2D eigenvalue weighted by Crippen LogP contribution is -2.20. The van der Waals surface area contributed by atoms with E-state index in [4.69, 9.17) is 13.9 Å². The highest BCUT2D eigenvalue weighted by molar-refractivity contribution is 5.90. The molecular formula is C17H12O7. The van der Waals surface area contributed by atoms with Crippen LogP contribution in [0.25, 0.3) is 22.1 Å². The predicted molar refractivity (Wildman–Crippen MR) is 83.4 cm³/mol. The Morgan fingerprint density at radius 1 is 1.17 bits per heavy atom. The number of aliphatic hydroxyl groups excluding tert-OH is 1. The van der Waals surface area contributed by atoms with Gasteiger partial charge < -0.3 is 29.2 Å². The van der Waals surface area contributed by atoms with Gasteiger partial charge in [-0.15, -0.1) is 0 Å². The summed E-state index contributed by atoms with van der Waals surface area (Å²) in [5, 5.41) is 30.2. The molecule has 0 radical (unpaired) electrons. The van der Waals surface area contributed by atoms with E-state index in [9.17, 15) is 20.1 Å². The molecule has 7 nitrogen and oxygen atoms in total. The number of hydrogen-bond donors (Lipinski definition) is 3. The fourth-order valence-corrected chi connectivity index (χ4v) is 2.85. The lowest BCUT2D eigenvalue weighted by Gasteiger charge is -2.24. The maximum absolute atomic E-state index is 12.9. The standard InChI is InChI=1S/C17H12O7/c1-22-7-5-10(19)13-11(6-7)23-16-12(14(13)20)8-3-2-4-9(18)15(8)24-17(16)21/h2-6,17-19,21H,1H3. The van der Waals surface area contributed by atoms with Gasteiger partial charge in [0.2, 0.25) is 5.43 Å². The Kier molecular flexibility index (Phi) is 2.94. The van der Waals surface area contributed by atoms with E-state index in [1.807, 2.05) is 0 Å². The number of aliphatic hydroxyl groups is 1. The van der Waals surface area contributed by atoms with Crippen LogP contribution in [-0.2, 0) is 0 Å². The number of benzene rings is 2. The summed E-state index contributed by atoms with van der Waals surface area (Å²) >= 11 is 0. The van der Waals surface area contributed by atoms with Crippen LogP contribution in [0.3, 0.4) is 0 Å². The molecule has 0 saturated heterocycles. The number of ether oxygens (including phenoxy) is 2. The molecule has 2 aromatic carbocycles. The number of phenols is 2. The smallest absolute Gasteiger partial charge is 0.257 e. The van der Waals surface area contributed by atoms with Crippen LogP contribution in [0.4, 0.5) is 0 Å². The molecule has 0 bridgehead atoms. The van der Waals surface area contributed by atoms with Crippen LogP contribution < -0.4 is 14.9 Å². The van der Waals surface area contributed by atoms with Crippen molar-refractivity contribution in [3.8, 4) is 34.1 Å². The maximum atomic E-state index is 12.9. The third kappa shape index (κ3) is 1.85. The van der Waals surface area contributed by atoms with Crippen molar-refractivity contribution in [1.29, 1.82) is 0 Å². The average Bonchev–Trinajstić information content (AvgIpc) is 2.55. The minimum absolute atomic E-state index is 0.0165. The third-order valence-electron chi connectivity index (χ3n) is 3.93. The largest absolute Gasteiger partial charge is 0.507 e. The summed E-state index contributed by atoms with van der Waals surface area (Å²) in [6, 6.07) is 7.20. The van der Waals surface area contributed by atoms with E-state index in [-0.39, 0.29) is 45.1 Å². The number of methoxy groups -OCH3 is 1. The van der Waals surface area contributed by atoms with E-state index in [0.717, 1.165) is 0 Å². The van der Waals surface area contributed by atoms with Crippen LogP contribution in [-0.4, -0.2) is 22.4 Å². The predicted octanol–water partition coefficient (Wildman–Crippen LogP) is 2.26. The summed E-state index contributed by atoms with van der Waals surface area (Å²) in [6.07, 6.45) is -1.56. The van der Waals surface area contributed by atoms with E-state index in [1.54, 1.807) is 6.07 Å². The second kappa shape index (κ2) is 4.90. The highest BCUT2D eigenvalue weighted by atomic mass is 16.6. The minimum Gasteiger partial charge on any atom is -0.507 e. The number of rotatable bonds is 1. The van der Waals surface area contributed by atoms with Crippen molar-refractivity contribution in [3.05, 3.63) is 46.3 Å². The second-order valence-corrected chi connectivity index (χ2v) is 5.31. The molecule has 4 rings (SSSR count). The quantitative estimate of drug-likeness (QED) is 0.628. The van der Waals surface area contributed by atoms with Gasteiger partial charge in [0.05, 0.1) is 12.7 Å². The first-order chi connectivity index (χ1) is 11.5. The fourth-order valence-electron chi connectivity index (χ4n) is 2.85. The molecule has 0 saturated carbocycles. The summed E-state index contributed by atoms with van der Waals surface area (Å²) in [6.45, 7) is 0. The molecule has 7 heteroatoms. The van der Waals surface area contributed by atoms with Crippen LogP contribution in [0.5, 0.6) is 23.0 Å². The van der Waals surface area contributed by atoms with E-state index in [1.165, 1.54) is 31.4 Å². The Hall–Kier alpha value is -3.19. The van der Waals surface area contributed by atoms with Gasteiger partial charge in [-0.05, 0) is 6.07 Å². The summed E-state index contributed by atoms with van der Waals surface area (Å²) in [4.78, 5) is 12.9. The fraction of sp³-hybridized carbons (Fsp3) is 0.118. The molecule has 2 heterocycles. The monoisotopic (exact) mass is 328 g/mol. The van der Waals surface area contributed by atoms with Gasteiger partial charge in [-0.3, -0.25) is 4.79 Å². The Bertz CT molecular complexity index is 1040. The molecule has 1 unspecified atom stereocenters. The first-order valence-corrected chi connectivity index (χ1v) is 7.06. The van der Waals surface area contributed by atoms with Crippen molar-refractivity contribution in [3.63, 3.8) is 0 Å². The van der Waals surface area contributed by atoms with Gasteiger partial charge in [-0.2, -0.15) is 0 Å². The van der Waals surface area contributed by atoms with E-state index >= 15 is 0 Å². The molecule has 1 aliphatic heterocycles. The molecule has 3 aromatic rings. The van der Waals surface area contributed by atoms with Gasteiger partial charge in [0.15, 0.2) is 17.3 Å². The van der Waals surface area contributed by atoms with Crippen LogP contribution in [0.2, 0.25) is 0 Å². The first-order valence-electron chi connectivity index (χ1n) is 7.06. The number of hydrogen-bond acceptors (Lipinski definition) is 7. The SMILES string of the molecule is COc1cc(O)c2c(=O)c3c(oc2c1)C(O)Oc1c(O)cccc1-3. The number of phenolic OH excluding ortho intramolecular Hbond substituents is 2. The van der Waals surface area contributed by atoms with Gasteiger partial charge >= 0.3 is 0 Å². The first kappa shape index (κ1) is 14.4. The van der Waals surface area contributed by atoms with Crippen molar-refractivity contribution >= 4 is 11.0 Å². The van der Waals surface area contributed by atoms with Crippen LogP contribution >= 0.6 is 0 Å². The lowest BCUT2D eigenvalue weighted by atomic mass is 9.98. The van der Waals surface area contributed by atoms with E-state index in [0.29, 0.717) is 5.75 Å². The number of fused-ring (bicyclic) bond motifs is 4. The van der Waals surface area contributed by atoms with Gasteiger partial charge in [-0.25, -0.2) is 0 Å². The Balaban J connectivity index is 2.15. The van der Waals surface area contributed by atoms with Gasteiger partial charge in [-0.1, -0.05) is 12.1 Å². The van der Waals surface area contributed by atoms with Crippen molar-refractivity contribution in [1.82, 2.24) is 0 Å². The van der Waals surface area contributed by atoms with Crippen molar-refractivity contribution in [2.75, 3.05) is 7.11 Å². The topological polar surface area (TPSA) is 109 Å². The van der Waals surface area contributed by atoms with Crippen LogP contribution in [0.1, 0.15) is 12.1 Å². The third-order valence-corrected chi connectivity index (χ3v) is 3.93. The highest BCUT2D eigenvalue weighted by Gasteiger charge is 2.32. The molecule has 1 atom stereocenters. The van der Waals surface area contributed by atoms with Gasteiger partial charge in [0, 0.05) is 17.7 Å². The second-order valence-electron chi connectivity index (χ2n) is 5.31. The Morgan fingerprint density at radius 3 is 2.71 bits per heavy atom. The molecule has 1 aromatic heterocycles. The van der Waals surface area contributed by atoms with Crippen LogP contribution in [0, 0.1) is 0 Å². The van der Waals surface area contributed by atoms with Crippen molar-refractivity contribution in [2.24, 2.45) is 0 Å². The lowest BCUT2D eigenvalue weighted by molar-refractivity contribution is -0.0390. The zero-order valence-corrected chi connectivity index (χ0v) is 12.4. The summed E-state index contributed by atoms with van der Waals surface area (Å²) in [5.41, 5.74) is -0.170. The Labute approximate surface area is 134 Å². The maximum Gasteiger partial charge on any atom is 0.257 e. The minimum atomic E-state index is -1.56. The molecule has 0 fully saturated rings. The zero-order valence-electron chi connectivity index (χ0n) is 12.4. The van der Waals surface area contributed by atoms with Gasteiger partial charge in [0.1, 0.15) is 22.5 Å². The molecule has 3 N–H and O–H groups in total. The molecular weight excluding hydrogens is 316 g/mol. The molecule has 0 aliphatic carbocycles. The van der Waals surface area contributed by atoms with Crippen LogP contribution in [0.15, 0.2) is 39.5 Å². The average molecular weight is 328 g/mol. The molecule has 0 amide bonds. The van der Waals surface area contributed by atoms with E-state index < -0.39 is 11.7 Å².